The largest absolute Gasteiger partial charge is 0.490 e. The molecule has 2 aromatic carbocycles. The van der Waals surface area contributed by atoms with E-state index in [1.807, 2.05) is 30.3 Å². The lowest BCUT2D eigenvalue weighted by Gasteiger charge is -2.12. The SMILES string of the molecule is N#Cc1ccc(C(N)C2CC2c2ccccc2)cc1.O=C(O)C(F)(F)F. The number of benzene rings is 2. The van der Waals surface area contributed by atoms with E-state index >= 15 is 0 Å². The highest BCUT2D eigenvalue weighted by atomic mass is 19.4. The van der Waals surface area contributed by atoms with Crippen molar-refractivity contribution in [2.75, 3.05) is 0 Å². The lowest BCUT2D eigenvalue weighted by molar-refractivity contribution is -0.192. The minimum absolute atomic E-state index is 0.0675. The van der Waals surface area contributed by atoms with Gasteiger partial charge in [0, 0.05) is 6.04 Å². The highest BCUT2D eigenvalue weighted by Gasteiger charge is 2.42. The summed E-state index contributed by atoms with van der Waals surface area (Å²) in [4.78, 5) is 8.90. The summed E-state index contributed by atoms with van der Waals surface area (Å²) in [5.74, 6) is -1.64. The average Bonchev–Trinajstić information content (AvgIpc) is 3.42. The zero-order chi connectivity index (χ0) is 19.3. The zero-order valence-corrected chi connectivity index (χ0v) is 13.6. The number of halogens is 3. The van der Waals surface area contributed by atoms with Crippen LogP contribution in [0.25, 0.3) is 0 Å². The smallest absolute Gasteiger partial charge is 0.475 e. The van der Waals surface area contributed by atoms with Crippen molar-refractivity contribution < 1.29 is 23.1 Å². The average molecular weight is 362 g/mol. The van der Waals surface area contributed by atoms with Gasteiger partial charge in [0.2, 0.25) is 0 Å². The number of nitrogens with two attached hydrogens (primary N) is 1. The van der Waals surface area contributed by atoms with E-state index in [2.05, 4.69) is 30.3 Å². The molecule has 7 heteroatoms. The van der Waals surface area contributed by atoms with Crippen molar-refractivity contribution in [2.24, 2.45) is 11.7 Å². The molecule has 3 N–H and O–H groups in total. The molecule has 0 radical (unpaired) electrons. The molecule has 0 heterocycles. The predicted octanol–water partition coefficient (Wildman–Crippen LogP) is 4.00. The Morgan fingerprint density at radius 2 is 1.69 bits per heavy atom. The first-order valence-electron chi connectivity index (χ1n) is 7.84. The van der Waals surface area contributed by atoms with Crippen LogP contribution in [0.4, 0.5) is 13.2 Å². The summed E-state index contributed by atoms with van der Waals surface area (Å²) in [6, 6.07) is 20.4. The maximum atomic E-state index is 10.6. The Bertz CT molecular complexity index is 783. The number of carboxylic acid groups (broad SMARTS) is 1. The maximum absolute atomic E-state index is 10.6. The van der Waals surface area contributed by atoms with Gasteiger partial charge in [-0.1, -0.05) is 42.5 Å². The summed E-state index contributed by atoms with van der Waals surface area (Å²) < 4.78 is 31.7. The monoisotopic (exact) mass is 362 g/mol. The van der Waals surface area contributed by atoms with Crippen molar-refractivity contribution >= 4 is 5.97 Å². The van der Waals surface area contributed by atoms with E-state index in [4.69, 9.17) is 20.9 Å². The van der Waals surface area contributed by atoms with E-state index < -0.39 is 12.1 Å². The van der Waals surface area contributed by atoms with E-state index in [0.29, 0.717) is 17.4 Å². The number of nitrogens with zero attached hydrogens (tertiary/aromatic N) is 1. The van der Waals surface area contributed by atoms with Crippen LogP contribution in [0.3, 0.4) is 0 Å². The second-order valence-corrected chi connectivity index (χ2v) is 5.98. The van der Waals surface area contributed by atoms with E-state index in [1.165, 1.54) is 5.56 Å². The summed E-state index contributed by atoms with van der Waals surface area (Å²) in [5, 5.41) is 15.9. The van der Waals surface area contributed by atoms with Gasteiger partial charge in [-0.25, -0.2) is 4.79 Å². The number of aliphatic carboxylic acids is 1. The molecule has 0 spiro atoms. The second kappa shape index (κ2) is 8.02. The number of carbonyl (C=O) groups is 1. The fourth-order valence-corrected chi connectivity index (χ4v) is 2.72. The highest BCUT2D eigenvalue weighted by molar-refractivity contribution is 5.73. The molecule has 3 atom stereocenters. The van der Waals surface area contributed by atoms with Gasteiger partial charge in [-0.2, -0.15) is 18.4 Å². The van der Waals surface area contributed by atoms with Crippen molar-refractivity contribution in [3.05, 3.63) is 71.3 Å². The molecule has 0 bridgehead atoms. The first-order chi connectivity index (χ1) is 12.2. The van der Waals surface area contributed by atoms with Gasteiger partial charge in [0.05, 0.1) is 11.6 Å². The molecule has 1 aliphatic carbocycles. The summed E-state index contributed by atoms with van der Waals surface area (Å²) in [5.41, 5.74) is 9.54. The van der Waals surface area contributed by atoms with Gasteiger partial charge >= 0.3 is 12.1 Å². The van der Waals surface area contributed by atoms with E-state index in [9.17, 15) is 13.2 Å². The number of alkyl halides is 3. The Balaban J connectivity index is 0.000000298. The second-order valence-electron chi connectivity index (χ2n) is 5.98. The standard InChI is InChI=1S/C17H16N2.C2HF3O2/c18-11-12-6-8-14(9-7-12)17(19)16-10-15(16)13-4-2-1-3-5-13;3-2(4,5)1(6)7/h1-9,15-17H,10,19H2;(H,6,7). The molecule has 136 valence electrons. The van der Waals surface area contributed by atoms with Crippen molar-refractivity contribution in [2.45, 2.75) is 24.6 Å². The van der Waals surface area contributed by atoms with Crippen LogP contribution < -0.4 is 5.73 Å². The molecule has 0 aromatic heterocycles. The first-order valence-corrected chi connectivity index (χ1v) is 7.84. The van der Waals surface area contributed by atoms with Crippen LogP contribution in [0.5, 0.6) is 0 Å². The Hall–Kier alpha value is -2.85. The zero-order valence-electron chi connectivity index (χ0n) is 13.6. The molecule has 3 rings (SSSR count). The fraction of sp³-hybridized carbons (Fsp3) is 0.263. The minimum atomic E-state index is -5.08. The number of hydrogen-bond acceptors (Lipinski definition) is 3. The van der Waals surface area contributed by atoms with Crippen molar-refractivity contribution in [3.8, 4) is 6.07 Å². The van der Waals surface area contributed by atoms with E-state index in [-0.39, 0.29) is 6.04 Å². The van der Waals surface area contributed by atoms with Crippen LogP contribution in [0.15, 0.2) is 54.6 Å². The van der Waals surface area contributed by atoms with Crippen LogP contribution in [0.2, 0.25) is 0 Å². The quantitative estimate of drug-likeness (QED) is 0.864. The Labute approximate surface area is 148 Å². The minimum Gasteiger partial charge on any atom is -0.475 e. The molecule has 3 unspecified atom stereocenters. The van der Waals surface area contributed by atoms with Crippen molar-refractivity contribution in [1.82, 2.24) is 0 Å². The topological polar surface area (TPSA) is 87.1 Å². The van der Waals surface area contributed by atoms with Crippen molar-refractivity contribution in [1.29, 1.82) is 5.26 Å². The summed E-state index contributed by atoms with van der Waals surface area (Å²) in [7, 11) is 0. The summed E-state index contributed by atoms with van der Waals surface area (Å²) in [6.45, 7) is 0. The normalized spacial score (nSPS) is 19.5. The van der Waals surface area contributed by atoms with Crippen LogP contribution in [0, 0.1) is 17.2 Å². The van der Waals surface area contributed by atoms with Gasteiger partial charge in [0.25, 0.3) is 0 Å². The van der Waals surface area contributed by atoms with Crippen molar-refractivity contribution in [3.63, 3.8) is 0 Å². The third-order valence-electron chi connectivity index (χ3n) is 4.20. The number of hydrogen-bond donors (Lipinski definition) is 2. The Kier molecular flexibility index (Phi) is 6.01. The van der Waals surface area contributed by atoms with Gasteiger partial charge in [0.1, 0.15) is 0 Å². The number of nitriles is 1. The molecular weight excluding hydrogens is 345 g/mol. The summed E-state index contributed by atoms with van der Waals surface area (Å²) >= 11 is 0. The van der Waals surface area contributed by atoms with Crippen LogP contribution in [-0.2, 0) is 4.79 Å². The predicted molar refractivity (Wildman–Crippen MR) is 89.1 cm³/mol. The lowest BCUT2D eigenvalue weighted by atomic mass is 9.99. The lowest BCUT2D eigenvalue weighted by Crippen LogP contribution is -2.21. The van der Waals surface area contributed by atoms with Gasteiger partial charge in [-0.3, -0.25) is 0 Å². The maximum Gasteiger partial charge on any atom is 0.490 e. The molecular formula is C19H17F3N2O2. The molecule has 0 saturated heterocycles. The number of carboxylic acids is 1. The van der Waals surface area contributed by atoms with Crippen LogP contribution in [-0.4, -0.2) is 17.3 Å². The van der Waals surface area contributed by atoms with Gasteiger partial charge in [-0.05, 0) is 41.5 Å². The Morgan fingerprint density at radius 3 is 2.15 bits per heavy atom. The van der Waals surface area contributed by atoms with E-state index in [0.717, 1.165) is 12.0 Å². The molecule has 1 fully saturated rings. The van der Waals surface area contributed by atoms with Crippen LogP contribution in [0.1, 0.15) is 35.1 Å². The third kappa shape index (κ3) is 5.07. The third-order valence-corrected chi connectivity index (χ3v) is 4.20. The van der Waals surface area contributed by atoms with Gasteiger partial charge < -0.3 is 10.8 Å². The van der Waals surface area contributed by atoms with Gasteiger partial charge in [-0.15, -0.1) is 0 Å². The summed E-state index contributed by atoms with van der Waals surface area (Å²) in [6.07, 6.45) is -3.93. The molecule has 4 nitrogen and oxygen atoms in total. The van der Waals surface area contributed by atoms with E-state index in [1.54, 1.807) is 0 Å². The van der Waals surface area contributed by atoms with Gasteiger partial charge in [0.15, 0.2) is 0 Å². The first kappa shape index (κ1) is 19.5. The molecule has 2 aromatic rings. The molecule has 1 aliphatic rings. The highest BCUT2D eigenvalue weighted by Crippen LogP contribution is 2.53. The fourth-order valence-electron chi connectivity index (χ4n) is 2.72. The molecule has 26 heavy (non-hydrogen) atoms. The molecule has 1 saturated carbocycles. The Morgan fingerprint density at radius 1 is 1.15 bits per heavy atom. The molecule has 0 aliphatic heterocycles. The number of rotatable bonds is 3. The van der Waals surface area contributed by atoms with Crippen LogP contribution >= 0.6 is 0 Å². The molecule has 0 amide bonds.